The number of piperidine rings is 1. The van der Waals surface area contributed by atoms with Gasteiger partial charge in [-0.2, -0.15) is 0 Å². The lowest BCUT2D eigenvalue weighted by molar-refractivity contribution is -0.0202. The molecule has 1 aliphatic rings. The summed E-state index contributed by atoms with van der Waals surface area (Å²) >= 11 is 0. The monoisotopic (exact) mass is 287 g/mol. The molecule has 1 aromatic heterocycles. The molecule has 0 aliphatic carbocycles. The van der Waals surface area contributed by atoms with E-state index in [1.54, 1.807) is 0 Å². The van der Waals surface area contributed by atoms with Gasteiger partial charge in [0.1, 0.15) is 0 Å². The van der Waals surface area contributed by atoms with Crippen molar-refractivity contribution in [3.63, 3.8) is 0 Å². The predicted molar refractivity (Wildman–Crippen MR) is 79.6 cm³/mol. The Morgan fingerprint density at radius 3 is 3.00 bits per heavy atom. The van der Waals surface area contributed by atoms with Crippen LogP contribution in [0, 0.1) is 6.92 Å². The van der Waals surface area contributed by atoms with Crippen molar-refractivity contribution in [2.24, 2.45) is 0 Å². The highest BCUT2D eigenvalue weighted by Crippen LogP contribution is 2.23. The summed E-state index contributed by atoms with van der Waals surface area (Å²) in [5, 5.41) is 18.4. The van der Waals surface area contributed by atoms with Crippen molar-refractivity contribution in [1.82, 2.24) is 15.1 Å². The van der Waals surface area contributed by atoms with Gasteiger partial charge in [-0.15, -0.1) is 10.2 Å². The number of benzene rings is 1. The fraction of sp³-hybridized carbons (Fsp3) is 0.500. The van der Waals surface area contributed by atoms with E-state index in [9.17, 15) is 5.11 Å². The Bertz CT molecular complexity index is 621. The van der Waals surface area contributed by atoms with Crippen LogP contribution in [0.5, 0.6) is 0 Å². The molecule has 1 saturated heterocycles. The van der Waals surface area contributed by atoms with Crippen LogP contribution < -0.4 is 0 Å². The van der Waals surface area contributed by atoms with E-state index in [0.717, 1.165) is 24.9 Å². The van der Waals surface area contributed by atoms with E-state index in [0.29, 0.717) is 24.9 Å². The Morgan fingerprint density at radius 1 is 1.38 bits per heavy atom. The van der Waals surface area contributed by atoms with Crippen LogP contribution in [0.4, 0.5) is 0 Å². The van der Waals surface area contributed by atoms with Crippen molar-refractivity contribution in [2.75, 3.05) is 13.1 Å². The Labute approximate surface area is 124 Å². The molecule has 1 N–H and O–H groups in total. The molecule has 1 aliphatic heterocycles. The van der Waals surface area contributed by atoms with Gasteiger partial charge in [0.2, 0.25) is 11.8 Å². The smallest absolute Gasteiger partial charge is 0.247 e. The highest BCUT2D eigenvalue weighted by Gasteiger charge is 2.29. The first kappa shape index (κ1) is 14.2. The van der Waals surface area contributed by atoms with E-state index in [1.807, 2.05) is 38.1 Å². The topological polar surface area (TPSA) is 62.4 Å². The number of nitrogens with zero attached hydrogens (tertiary/aromatic N) is 3. The second-order valence-corrected chi connectivity index (χ2v) is 6.18. The van der Waals surface area contributed by atoms with Crippen molar-refractivity contribution in [2.45, 2.75) is 38.8 Å². The van der Waals surface area contributed by atoms with Gasteiger partial charge in [-0.1, -0.05) is 17.7 Å². The minimum absolute atomic E-state index is 0.553. The fourth-order valence-electron chi connectivity index (χ4n) is 2.86. The van der Waals surface area contributed by atoms with Crippen LogP contribution in [0.25, 0.3) is 11.5 Å². The number of aromatic nitrogens is 2. The van der Waals surface area contributed by atoms with Crippen LogP contribution in [0.2, 0.25) is 0 Å². The minimum atomic E-state index is -0.613. The molecule has 0 saturated carbocycles. The quantitative estimate of drug-likeness (QED) is 0.939. The maximum atomic E-state index is 10.1. The standard InChI is InChI=1S/C16H21N3O2/c1-12-5-3-6-13(9-12)15-18-17-14(21-15)10-19-8-4-7-16(2,20)11-19/h3,5-6,9,20H,4,7-8,10-11H2,1-2H3. The number of aliphatic hydroxyl groups is 1. The maximum absolute atomic E-state index is 10.1. The van der Waals surface area contributed by atoms with Gasteiger partial charge >= 0.3 is 0 Å². The molecule has 5 nitrogen and oxygen atoms in total. The summed E-state index contributed by atoms with van der Waals surface area (Å²) in [6.45, 7) is 6.12. The summed E-state index contributed by atoms with van der Waals surface area (Å²) in [5.74, 6) is 1.15. The van der Waals surface area contributed by atoms with E-state index in [2.05, 4.69) is 15.1 Å². The van der Waals surface area contributed by atoms with E-state index in [-0.39, 0.29) is 0 Å². The molecule has 112 valence electrons. The summed E-state index contributed by atoms with van der Waals surface area (Å²) in [5.41, 5.74) is 1.50. The number of hydrogen-bond acceptors (Lipinski definition) is 5. The Morgan fingerprint density at radius 2 is 2.24 bits per heavy atom. The van der Waals surface area contributed by atoms with Gasteiger partial charge in [0.25, 0.3) is 0 Å². The molecular formula is C16H21N3O2. The molecular weight excluding hydrogens is 266 g/mol. The van der Waals surface area contributed by atoms with E-state index < -0.39 is 5.60 Å². The number of likely N-dealkylation sites (tertiary alicyclic amines) is 1. The summed E-state index contributed by atoms with van der Waals surface area (Å²) in [6, 6.07) is 8.02. The zero-order chi connectivity index (χ0) is 14.9. The number of aryl methyl sites for hydroxylation is 1. The van der Waals surface area contributed by atoms with E-state index >= 15 is 0 Å². The third-order valence-electron chi connectivity index (χ3n) is 3.84. The number of rotatable bonds is 3. The molecule has 3 rings (SSSR count). The molecule has 2 heterocycles. The first-order valence-corrected chi connectivity index (χ1v) is 7.36. The van der Waals surface area contributed by atoms with E-state index in [4.69, 9.17) is 4.42 Å². The molecule has 0 spiro atoms. The molecule has 1 aromatic carbocycles. The Hall–Kier alpha value is -1.72. The lowest BCUT2D eigenvalue weighted by atomic mass is 9.95. The largest absolute Gasteiger partial charge is 0.419 e. The van der Waals surface area contributed by atoms with Crippen molar-refractivity contribution in [1.29, 1.82) is 0 Å². The zero-order valence-electron chi connectivity index (χ0n) is 12.5. The van der Waals surface area contributed by atoms with Crippen LogP contribution >= 0.6 is 0 Å². The van der Waals surface area contributed by atoms with Gasteiger partial charge in [-0.25, -0.2) is 0 Å². The van der Waals surface area contributed by atoms with Crippen LogP contribution in [0.15, 0.2) is 28.7 Å². The van der Waals surface area contributed by atoms with Gasteiger partial charge < -0.3 is 9.52 Å². The highest BCUT2D eigenvalue weighted by atomic mass is 16.4. The molecule has 1 unspecified atom stereocenters. The average Bonchev–Trinajstić information content (AvgIpc) is 2.86. The molecule has 5 heteroatoms. The summed E-state index contributed by atoms with van der Waals surface area (Å²) < 4.78 is 5.75. The first-order valence-electron chi connectivity index (χ1n) is 7.36. The van der Waals surface area contributed by atoms with Crippen LogP contribution in [-0.2, 0) is 6.54 Å². The Kier molecular flexibility index (Phi) is 3.78. The lowest BCUT2D eigenvalue weighted by Gasteiger charge is -2.35. The van der Waals surface area contributed by atoms with Gasteiger partial charge in [-0.05, 0) is 45.4 Å². The molecule has 0 amide bonds. The lowest BCUT2D eigenvalue weighted by Crippen LogP contribution is -2.45. The van der Waals surface area contributed by atoms with Crippen molar-refractivity contribution in [3.05, 3.63) is 35.7 Å². The number of hydrogen-bond donors (Lipinski definition) is 1. The minimum Gasteiger partial charge on any atom is -0.419 e. The maximum Gasteiger partial charge on any atom is 0.247 e. The van der Waals surface area contributed by atoms with Crippen molar-refractivity contribution >= 4 is 0 Å². The predicted octanol–water partition coefficient (Wildman–Crippen LogP) is 2.39. The molecule has 1 atom stereocenters. The third kappa shape index (κ3) is 3.49. The van der Waals surface area contributed by atoms with E-state index in [1.165, 1.54) is 5.56 Å². The van der Waals surface area contributed by atoms with Gasteiger partial charge in [0, 0.05) is 12.1 Å². The highest BCUT2D eigenvalue weighted by molar-refractivity contribution is 5.53. The summed E-state index contributed by atoms with van der Waals surface area (Å²) in [7, 11) is 0. The van der Waals surface area contributed by atoms with Crippen LogP contribution in [0.3, 0.4) is 0 Å². The molecule has 0 bridgehead atoms. The second kappa shape index (κ2) is 5.58. The average molecular weight is 287 g/mol. The van der Waals surface area contributed by atoms with Crippen molar-refractivity contribution < 1.29 is 9.52 Å². The van der Waals surface area contributed by atoms with Crippen molar-refractivity contribution in [3.8, 4) is 11.5 Å². The molecule has 2 aromatic rings. The molecule has 1 fully saturated rings. The summed E-state index contributed by atoms with van der Waals surface area (Å²) in [6.07, 6.45) is 1.84. The third-order valence-corrected chi connectivity index (χ3v) is 3.84. The second-order valence-electron chi connectivity index (χ2n) is 6.18. The SMILES string of the molecule is Cc1cccc(-c2nnc(CN3CCCC(C)(O)C3)o2)c1. The Balaban J connectivity index is 1.71. The number of β-amino-alcohol motifs (C(OH)–C–C–N with tert-alkyl or cyclic N) is 1. The van der Waals surface area contributed by atoms with Gasteiger partial charge in [-0.3, -0.25) is 4.90 Å². The molecule has 0 radical (unpaired) electrons. The normalized spacial score (nSPS) is 23.4. The molecule has 21 heavy (non-hydrogen) atoms. The van der Waals surface area contributed by atoms with Crippen LogP contribution in [-0.4, -0.2) is 38.9 Å². The van der Waals surface area contributed by atoms with Gasteiger partial charge in [0.15, 0.2) is 0 Å². The zero-order valence-corrected chi connectivity index (χ0v) is 12.5. The fourth-order valence-corrected chi connectivity index (χ4v) is 2.86. The van der Waals surface area contributed by atoms with Gasteiger partial charge in [0.05, 0.1) is 12.1 Å². The van der Waals surface area contributed by atoms with Crippen LogP contribution in [0.1, 0.15) is 31.2 Å². The summed E-state index contributed by atoms with van der Waals surface area (Å²) in [4.78, 5) is 2.16. The first-order chi connectivity index (χ1) is 10.0.